The molecule has 34 heavy (non-hydrogen) atoms. The topological polar surface area (TPSA) is 66.8 Å². The Morgan fingerprint density at radius 2 is 1.21 bits per heavy atom. The summed E-state index contributed by atoms with van der Waals surface area (Å²) in [5.74, 6) is 0. The molecule has 0 radical (unpaired) electrons. The summed E-state index contributed by atoms with van der Waals surface area (Å²) in [6.45, 7) is 19.2. The van der Waals surface area contributed by atoms with Gasteiger partial charge in [0.15, 0.2) is 5.60 Å². The molecule has 2 N–H and O–H groups in total. The SMILES string of the molecule is C=C(CCCCCC)C(OP(=O)(O)O)(c1ccccc1C(C)(C)C)c1ccccc1C(C)(C)C. The molecule has 0 aliphatic rings. The van der Waals surface area contributed by atoms with Gasteiger partial charge in [-0.3, -0.25) is 4.52 Å². The van der Waals surface area contributed by atoms with E-state index in [0.717, 1.165) is 47.9 Å². The van der Waals surface area contributed by atoms with Crippen molar-refractivity contribution in [2.24, 2.45) is 0 Å². The molecular formula is C29H43O4P. The lowest BCUT2D eigenvalue weighted by molar-refractivity contribution is 0.0886. The first kappa shape index (κ1) is 28.5. The number of phosphoric acid groups is 1. The Morgan fingerprint density at radius 3 is 1.56 bits per heavy atom. The molecule has 0 bridgehead atoms. The number of benzene rings is 2. The summed E-state index contributed by atoms with van der Waals surface area (Å²) in [6.07, 6.45) is 4.74. The second-order valence-corrected chi connectivity index (χ2v) is 12.4. The van der Waals surface area contributed by atoms with Crippen LogP contribution in [-0.2, 0) is 25.5 Å². The van der Waals surface area contributed by atoms with E-state index in [0.29, 0.717) is 12.0 Å². The van der Waals surface area contributed by atoms with Gasteiger partial charge >= 0.3 is 7.82 Å². The summed E-state index contributed by atoms with van der Waals surface area (Å²) in [7, 11) is -4.92. The van der Waals surface area contributed by atoms with Gasteiger partial charge in [0.05, 0.1) is 0 Å². The van der Waals surface area contributed by atoms with Gasteiger partial charge in [-0.15, -0.1) is 0 Å². The third-order valence-corrected chi connectivity index (χ3v) is 6.83. The Morgan fingerprint density at radius 1 is 0.794 bits per heavy atom. The van der Waals surface area contributed by atoms with Gasteiger partial charge in [0.2, 0.25) is 0 Å². The van der Waals surface area contributed by atoms with Crippen molar-refractivity contribution in [3.8, 4) is 0 Å². The molecule has 0 aliphatic heterocycles. The van der Waals surface area contributed by atoms with Gasteiger partial charge in [0.1, 0.15) is 0 Å². The van der Waals surface area contributed by atoms with Gasteiger partial charge in [-0.2, -0.15) is 0 Å². The Kier molecular flexibility index (Phi) is 9.16. The van der Waals surface area contributed by atoms with Crippen molar-refractivity contribution in [2.45, 2.75) is 97.0 Å². The maximum Gasteiger partial charge on any atom is 0.471 e. The number of rotatable bonds is 10. The summed E-state index contributed by atoms with van der Waals surface area (Å²) in [5, 5.41) is 0. The van der Waals surface area contributed by atoms with Gasteiger partial charge in [-0.25, -0.2) is 4.57 Å². The van der Waals surface area contributed by atoms with Crippen LogP contribution in [0.4, 0.5) is 0 Å². The maximum atomic E-state index is 12.6. The second-order valence-electron chi connectivity index (χ2n) is 11.3. The maximum absolute atomic E-state index is 12.6. The molecular weight excluding hydrogens is 443 g/mol. The number of phosphoric ester groups is 1. The zero-order valence-electron chi connectivity index (χ0n) is 22.0. The molecule has 0 amide bonds. The molecule has 5 heteroatoms. The Hall–Kier alpha value is -1.71. The number of hydrogen-bond acceptors (Lipinski definition) is 2. The van der Waals surface area contributed by atoms with E-state index in [1.54, 1.807) is 0 Å². The van der Waals surface area contributed by atoms with Crippen LogP contribution < -0.4 is 0 Å². The molecule has 0 saturated carbocycles. The predicted molar refractivity (Wildman–Crippen MR) is 142 cm³/mol. The van der Waals surface area contributed by atoms with Crippen molar-refractivity contribution in [1.29, 1.82) is 0 Å². The third kappa shape index (κ3) is 6.70. The lowest BCUT2D eigenvalue weighted by Crippen LogP contribution is -2.37. The molecule has 2 aromatic rings. The Labute approximate surface area is 206 Å². The quantitative estimate of drug-likeness (QED) is 0.202. The normalized spacial score (nSPS) is 13.2. The van der Waals surface area contributed by atoms with Gasteiger partial charge in [0, 0.05) is 0 Å². The zero-order chi connectivity index (χ0) is 25.8. The monoisotopic (exact) mass is 486 g/mol. The minimum absolute atomic E-state index is 0.279. The van der Waals surface area contributed by atoms with Gasteiger partial charge in [0.25, 0.3) is 0 Å². The Bertz CT molecular complexity index is 963. The fourth-order valence-electron chi connectivity index (χ4n) is 4.70. The highest BCUT2D eigenvalue weighted by Crippen LogP contribution is 2.56. The molecule has 0 saturated heterocycles. The van der Waals surface area contributed by atoms with Crippen LogP contribution in [0.5, 0.6) is 0 Å². The minimum atomic E-state index is -4.92. The highest BCUT2D eigenvalue weighted by Gasteiger charge is 2.47. The van der Waals surface area contributed by atoms with Crippen LogP contribution in [0.1, 0.15) is 103 Å². The van der Waals surface area contributed by atoms with E-state index in [2.05, 4.69) is 55.0 Å². The van der Waals surface area contributed by atoms with Gasteiger partial charge in [-0.1, -0.05) is 123 Å². The van der Waals surface area contributed by atoms with Crippen LogP contribution >= 0.6 is 7.82 Å². The summed E-state index contributed by atoms with van der Waals surface area (Å²) in [6, 6.07) is 15.7. The molecule has 2 rings (SSSR count). The van der Waals surface area contributed by atoms with Crippen LogP contribution in [0.25, 0.3) is 0 Å². The first-order valence-corrected chi connectivity index (χ1v) is 13.8. The first-order chi connectivity index (χ1) is 15.6. The van der Waals surface area contributed by atoms with E-state index < -0.39 is 13.4 Å². The minimum Gasteiger partial charge on any atom is -0.303 e. The largest absolute Gasteiger partial charge is 0.471 e. The Balaban J connectivity index is 2.97. The van der Waals surface area contributed by atoms with E-state index >= 15 is 0 Å². The van der Waals surface area contributed by atoms with Crippen LogP contribution in [0.2, 0.25) is 0 Å². The molecule has 4 nitrogen and oxygen atoms in total. The summed E-state index contributed by atoms with van der Waals surface area (Å²) < 4.78 is 18.6. The summed E-state index contributed by atoms with van der Waals surface area (Å²) in [4.78, 5) is 20.5. The van der Waals surface area contributed by atoms with Crippen LogP contribution in [0.15, 0.2) is 60.7 Å². The molecule has 0 spiro atoms. The number of unbranched alkanes of at least 4 members (excludes halogenated alkanes) is 3. The molecule has 0 aliphatic carbocycles. The highest BCUT2D eigenvalue weighted by molar-refractivity contribution is 7.46. The zero-order valence-corrected chi connectivity index (χ0v) is 22.9. The molecule has 0 unspecified atom stereocenters. The van der Waals surface area contributed by atoms with Crippen LogP contribution in [-0.4, -0.2) is 9.79 Å². The molecule has 0 aromatic heterocycles. The number of hydrogen-bond donors (Lipinski definition) is 2. The second kappa shape index (κ2) is 10.9. The van der Waals surface area contributed by atoms with Crippen molar-refractivity contribution >= 4 is 7.82 Å². The average Bonchev–Trinajstić information content (AvgIpc) is 2.73. The lowest BCUT2D eigenvalue weighted by atomic mass is 9.69. The average molecular weight is 487 g/mol. The predicted octanol–water partition coefficient (Wildman–Crippen LogP) is 8.16. The van der Waals surface area contributed by atoms with Crippen LogP contribution in [0.3, 0.4) is 0 Å². The van der Waals surface area contributed by atoms with Crippen molar-refractivity contribution in [1.82, 2.24) is 0 Å². The standard InChI is InChI=1S/C29H43O4P/c1-9-10-11-12-17-22(2)29(33-34(30,31)32,25-20-15-13-18-23(25)27(3,4)5)26-21-16-14-19-24(26)28(6,7)8/h13-16,18-21H,2,9-12,17H2,1,3-8H3,(H2,30,31,32). The summed E-state index contributed by atoms with van der Waals surface area (Å²) in [5.41, 5.74) is 2.05. The van der Waals surface area contributed by atoms with Crippen molar-refractivity contribution in [3.63, 3.8) is 0 Å². The van der Waals surface area contributed by atoms with Crippen molar-refractivity contribution in [3.05, 3.63) is 82.9 Å². The summed E-state index contributed by atoms with van der Waals surface area (Å²) >= 11 is 0. The van der Waals surface area contributed by atoms with E-state index in [9.17, 15) is 14.4 Å². The van der Waals surface area contributed by atoms with E-state index in [1.807, 2.05) is 48.5 Å². The van der Waals surface area contributed by atoms with E-state index in [4.69, 9.17) is 4.52 Å². The molecule has 0 fully saturated rings. The molecule has 188 valence electrons. The molecule has 2 aromatic carbocycles. The van der Waals surface area contributed by atoms with E-state index in [-0.39, 0.29) is 10.8 Å². The molecule has 0 atom stereocenters. The fraction of sp³-hybridized carbons (Fsp3) is 0.517. The first-order valence-electron chi connectivity index (χ1n) is 12.3. The fourth-order valence-corrected chi connectivity index (χ4v) is 5.38. The smallest absolute Gasteiger partial charge is 0.303 e. The van der Waals surface area contributed by atoms with Crippen LogP contribution in [0, 0.1) is 0 Å². The molecule has 0 heterocycles. The van der Waals surface area contributed by atoms with Gasteiger partial charge in [-0.05, 0) is 51.5 Å². The van der Waals surface area contributed by atoms with Gasteiger partial charge < -0.3 is 9.79 Å². The highest BCUT2D eigenvalue weighted by atomic mass is 31.2. The third-order valence-electron chi connectivity index (χ3n) is 6.31. The van der Waals surface area contributed by atoms with E-state index in [1.165, 1.54) is 0 Å². The lowest BCUT2D eigenvalue weighted by Gasteiger charge is -2.42. The van der Waals surface area contributed by atoms with Crippen molar-refractivity contribution < 1.29 is 18.9 Å². The van der Waals surface area contributed by atoms with Crippen molar-refractivity contribution in [2.75, 3.05) is 0 Å².